The number of rotatable bonds is 4. The predicted octanol–water partition coefficient (Wildman–Crippen LogP) is 1.65. The van der Waals surface area contributed by atoms with Crippen LogP contribution >= 0.6 is 0 Å². The van der Waals surface area contributed by atoms with Crippen molar-refractivity contribution in [1.82, 2.24) is 4.31 Å². The van der Waals surface area contributed by atoms with E-state index in [-0.39, 0.29) is 11.3 Å². The smallest absolute Gasteiger partial charge is 0.307 e. The van der Waals surface area contributed by atoms with Crippen LogP contribution in [0.4, 0.5) is 0 Å². The number of hydrogen-bond acceptors (Lipinski definition) is 3. The van der Waals surface area contributed by atoms with Gasteiger partial charge in [-0.15, -0.1) is 0 Å². The van der Waals surface area contributed by atoms with E-state index in [9.17, 15) is 13.2 Å². The molecule has 6 heteroatoms. The minimum Gasteiger partial charge on any atom is -0.481 e. The molecular weight excluding hydrogens is 278 g/mol. The van der Waals surface area contributed by atoms with Crippen molar-refractivity contribution in [1.29, 1.82) is 0 Å². The second-order valence-electron chi connectivity index (χ2n) is 4.89. The van der Waals surface area contributed by atoms with Gasteiger partial charge in [-0.1, -0.05) is 23.8 Å². The first-order valence-electron chi connectivity index (χ1n) is 6.36. The molecule has 0 saturated carbocycles. The summed E-state index contributed by atoms with van der Waals surface area (Å²) in [4.78, 5) is 10.8. The van der Waals surface area contributed by atoms with E-state index in [4.69, 9.17) is 5.11 Å². The number of hydrogen-bond donors (Lipinski definition) is 1. The Morgan fingerprint density at radius 1 is 1.30 bits per heavy atom. The fourth-order valence-corrected chi connectivity index (χ4v) is 3.68. The van der Waals surface area contributed by atoms with Crippen LogP contribution in [0.25, 0.3) is 0 Å². The molecule has 5 nitrogen and oxygen atoms in total. The van der Waals surface area contributed by atoms with E-state index in [1.165, 1.54) is 16.4 Å². The van der Waals surface area contributed by atoms with Crippen LogP contribution in [-0.2, 0) is 21.2 Å². The van der Waals surface area contributed by atoms with Gasteiger partial charge in [-0.05, 0) is 31.0 Å². The SMILES string of the molecule is CC1=CCCN(S(=O)(=O)c2ccc(CC(=O)O)cc2)C1. The first-order chi connectivity index (χ1) is 9.39. The average Bonchev–Trinajstić information content (AvgIpc) is 2.38. The summed E-state index contributed by atoms with van der Waals surface area (Å²) >= 11 is 0. The molecule has 1 aromatic carbocycles. The zero-order valence-electron chi connectivity index (χ0n) is 11.2. The molecule has 0 bridgehead atoms. The molecule has 1 aromatic rings. The molecule has 0 aromatic heterocycles. The van der Waals surface area contributed by atoms with Gasteiger partial charge < -0.3 is 5.11 Å². The van der Waals surface area contributed by atoms with Gasteiger partial charge in [0, 0.05) is 13.1 Å². The minimum absolute atomic E-state index is 0.105. The van der Waals surface area contributed by atoms with Crippen molar-refractivity contribution in [3.05, 3.63) is 41.5 Å². The molecule has 0 aliphatic carbocycles. The maximum absolute atomic E-state index is 12.4. The number of carboxylic acids is 1. The highest BCUT2D eigenvalue weighted by Gasteiger charge is 2.25. The Labute approximate surface area is 118 Å². The monoisotopic (exact) mass is 295 g/mol. The number of carboxylic acid groups (broad SMARTS) is 1. The third-order valence-electron chi connectivity index (χ3n) is 3.21. The summed E-state index contributed by atoms with van der Waals surface area (Å²) in [6, 6.07) is 6.05. The van der Waals surface area contributed by atoms with Crippen LogP contribution in [-0.4, -0.2) is 36.9 Å². The van der Waals surface area contributed by atoms with Gasteiger partial charge in [0.15, 0.2) is 0 Å². The highest BCUT2D eigenvalue weighted by Crippen LogP contribution is 2.20. The van der Waals surface area contributed by atoms with Crippen molar-refractivity contribution < 1.29 is 18.3 Å². The number of nitrogens with zero attached hydrogens (tertiary/aromatic N) is 1. The van der Waals surface area contributed by atoms with Gasteiger partial charge in [0.2, 0.25) is 10.0 Å². The maximum Gasteiger partial charge on any atom is 0.307 e. The maximum atomic E-state index is 12.4. The lowest BCUT2D eigenvalue weighted by Gasteiger charge is -2.25. The molecule has 0 unspecified atom stereocenters. The lowest BCUT2D eigenvalue weighted by molar-refractivity contribution is -0.136. The fourth-order valence-electron chi connectivity index (χ4n) is 2.18. The second kappa shape index (κ2) is 5.76. The Kier molecular flexibility index (Phi) is 4.25. The van der Waals surface area contributed by atoms with E-state index in [1.54, 1.807) is 12.1 Å². The van der Waals surface area contributed by atoms with E-state index in [1.807, 2.05) is 13.0 Å². The molecule has 20 heavy (non-hydrogen) atoms. The first kappa shape index (κ1) is 14.7. The molecule has 1 aliphatic rings. The van der Waals surface area contributed by atoms with Gasteiger partial charge in [0.05, 0.1) is 11.3 Å². The molecule has 108 valence electrons. The normalized spacial score (nSPS) is 16.8. The average molecular weight is 295 g/mol. The molecule has 1 heterocycles. The Hall–Kier alpha value is -1.66. The van der Waals surface area contributed by atoms with E-state index in [2.05, 4.69) is 0 Å². The zero-order chi connectivity index (χ0) is 14.8. The summed E-state index contributed by atoms with van der Waals surface area (Å²) < 4.78 is 26.4. The van der Waals surface area contributed by atoms with Gasteiger partial charge in [0.25, 0.3) is 0 Å². The van der Waals surface area contributed by atoms with Crippen LogP contribution in [0, 0.1) is 0 Å². The fraction of sp³-hybridized carbons (Fsp3) is 0.357. The topological polar surface area (TPSA) is 74.7 Å². The number of benzene rings is 1. The number of sulfonamides is 1. The summed E-state index contributed by atoms with van der Waals surface area (Å²) in [6.07, 6.45) is 2.66. The molecule has 0 fully saturated rings. The summed E-state index contributed by atoms with van der Waals surface area (Å²) in [7, 11) is -3.50. The van der Waals surface area contributed by atoms with Gasteiger partial charge in [-0.25, -0.2) is 8.42 Å². The highest BCUT2D eigenvalue weighted by atomic mass is 32.2. The largest absolute Gasteiger partial charge is 0.481 e. The van der Waals surface area contributed by atoms with Crippen molar-refractivity contribution in [2.75, 3.05) is 13.1 Å². The van der Waals surface area contributed by atoms with Crippen molar-refractivity contribution in [3.63, 3.8) is 0 Å². The summed E-state index contributed by atoms with van der Waals surface area (Å²) in [6.45, 7) is 2.81. The minimum atomic E-state index is -3.50. The zero-order valence-corrected chi connectivity index (χ0v) is 12.1. The van der Waals surface area contributed by atoms with Crippen LogP contribution in [0.2, 0.25) is 0 Å². The van der Waals surface area contributed by atoms with E-state index in [0.29, 0.717) is 18.7 Å². The number of carbonyl (C=O) groups is 1. The van der Waals surface area contributed by atoms with Gasteiger partial charge >= 0.3 is 5.97 Å². The molecule has 2 rings (SSSR count). The van der Waals surface area contributed by atoms with E-state index >= 15 is 0 Å². The molecule has 0 amide bonds. The van der Waals surface area contributed by atoms with Crippen LogP contribution < -0.4 is 0 Å². The molecular formula is C14H17NO4S. The predicted molar refractivity (Wildman–Crippen MR) is 74.9 cm³/mol. The molecule has 1 aliphatic heterocycles. The lowest BCUT2D eigenvalue weighted by Crippen LogP contribution is -2.35. The van der Waals surface area contributed by atoms with Gasteiger partial charge in [-0.2, -0.15) is 4.31 Å². The highest BCUT2D eigenvalue weighted by molar-refractivity contribution is 7.89. The first-order valence-corrected chi connectivity index (χ1v) is 7.80. The summed E-state index contributed by atoms with van der Waals surface area (Å²) in [5.74, 6) is -0.933. The van der Waals surface area contributed by atoms with Crippen molar-refractivity contribution in [2.24, 2.45) is 0 Å². The molecule has 1 N–H and O–H groups in total. The second-order valence-corrected chi connectivity index (χ2v) is 6.83. The Morgan fingerprint density at radius 3 is 2.50 bits per heavy atom. The van der Waals surface area contributed by atoms with Crippen LogP contribution in [0.15, 0.2) is 40.8 Å². The summed E-state index contributed by atoms with van der Waals surface area (Å²) in [5.41, 5.74) is 1.63. The quantitative estimate of drug-likeness (QED) is 0.857. The third-order valence-corrected chi connectivity index (χ3v) is 5.07. The Morgan fingerprint density at radius 2 is 1.95 bits per heavy atom. The van der Waals surface area contributed by atoms with E-state index in [0.717, 1.165) is 12.0 Å². The van der Waals surface area contributed by atoms with Crippen molar-refractivity contribution in [3.8, 4) is 0 Å². The van der Waals surface area contributed by atoms with E-state index < -0.39 is 16.0 Å². The molecule has 0 saturated heterocycles. The number of aliphatic carboxylic acids is 1. The van der Waals surface area contributed by atoms with Crippen molar-refractivity contribution in [2.45, 2.75) is 24.7 Å². The molecule has 0 radical (unpaired) electrons. The third kappa shape index (κ3) is 3.26. The van der Waals surface area contributed by atoms with Crippen LogP contribution in [0.3, 0.4) is 0 Å². The summed E-state index contributed by atoms with van der Waals surface area (Å²) in [5, 5.41) is 8.70. The van der Waals surface area contributed by atoms with Crippen LogP contribution in [0.5, 0.6) is 0 Å². The van der Waals surface area contributed by atoms with Gasteiger partial charge in [-0.3, -0.25) is 4.79 Å². The molecule has 0 spiro atoms. The lowest BCUT2D eigenvalue weighted by atomic mass is 10.2. The molecule has 0 atom stereocenters. The van der Waals surface area contributed by atoms with Gasteiger partial charge in [0.1, 0.15) is 0 Å². The van der Waals surface area contributed by atoms with Crippen LogP contribution in [0.1, 0.15) is 18.9 Å². The van der Waals surface area contributed by atoms with Crippen molar-refractivity contribution >= 4 is 16.0 Å². The standard InChI is InChI=1S/C14H17NO4S/c1-11-3-2-8-15(10-11)20(18,19)13-6-4-12(5-7-13)9-14(16)17/h3-7H,2,8-10H2,1H3,(H,16,17). The Bertz CT molecular complexity index is 632. The Balaban J connectivity index is 2.21.